The molecule has 0 saturated heterocycles. The van der Waals surface area contributed by atoms with Gasteiger partial charge in [-0.2, -0.15) is 0 Å². The van der Waals surface area contributed by atoms with E-state index in [0.717, 1.165) is 6.54 Å². The average Bonchev–Trinajstić information content (AvgIpc) is 2.73. The molecular weight excluding hydrogens is 240 g/mol. The molecule has 0 bridgehead atoms. The van der Waals surface area contributed by atoms with Crippen molar-refractivity contribution in [3.63, 3.8) is 0 Å². The second kappa shape index (κ2) is 9.71. The van der Waals surface area contributed by atoms with E-state index in [1.54, 1.807) is 0 Å². The molecule has 2 nitrogen and oxygen atoms in total. The van der Waals surface area contributed by atoms with E-state index in [2.05, 4.69) is 42.0 Å². The lowest BCUT2D eigenvalue weighted by Gasteiger charge is -2.06. The van der Waals surface area contributed by atoms with E-state index in [1.165, 1.54) is 69.1 Å². The Morgan fingerprint density at radius 3 is 2.50 bits per heavy atom. The molecule has 18 heavy (non-hydrogen) atoms. The number of amidine groups is 1. The molecular formula is C15H31N2S+. The molecule has 0 aromatic rings. The molecule has 0 unspecified atom stereocenters. The number of nitrogens with zero attached hydrogens (tertiary/aromatic N) is 2. The van der Waals surface area contributed by atoms with E-state index >= 15 is 0 Å². The van der Waals surface area contributed by atoms with Crippen molar-refractivity contribution >= 4 is 17.6 Å². The molecule has 106 valence electrons. The van der Waals surface area contributed by atoms with Crippen LogP contribution in [0.3, 0.4) is 0 Å². The largest absolute Gasteiger partial charge is 0.262 e. The Morgan fingerprint density at radius 1 is 1.11 bits per heavy atom. The number of likely N-dealkylation sites (N-methyl/N-ethyl adjacent to an activating group) is 1. The summed E-state index contributed by atoms with van der Waals surface area (Å²) in [6.07, 6.45) is 8.47. The van der Waals surface area contributed by atoms with E-state index in [1.807, 2.05) is 0 Å². The quantitative estimate of drug-likeness (QED) is 0.440. The van der Waals surface area contributed by atoms with Crippen LogP contribution in [-0.4, -0.2) is 46.6 Å². The SMILES string of the molecule is CCCCCCCCSC[N+]1=C(C)N(CC)CC1. The van der Waals surface area contributed by atoms with Crippen LogP contribution in [0, 0.1) is 0 Å². The Hall–Kier alpha value is -0.180. The molecule has 0 aromatic heterocycles. The van der Waals surface area contributed by atoms with Crippen molar-refractivity contribution in [2.45, 2.75) is 59.3 Å². The van der Waals surface area contributed by atoms with Gasteiger partial charge in [0.15, 0.2) is 0 Å². The van der Waals surface area contributed by atoms with Crippen molar-refractivity contribution in [2.24, 2.45) is 0 Å². The lowest BCUT2D eigenvalue weighted by Crippen LogP contribution is -2.26. The minimum absolute atomic E-state index is 1.16. The van der Waals surface area contributed by atoms with Crippen molar-refractivity contribution in [2.75, 3.05) is 31.3 Å². The Morgan fingerprint density at radius 2 is 1.83 bits per heavy atom. The second-order valence-corrected chi connectivity index (χ2v) is 6.27. The van der Waals surface area contributed by atoms with Crippen molar-refractivity contribution in [3.05, 3.63) is 0 Å². The number of hydrogen-bond donors (Lipinski definition) is 0. The monoisotopic (exact) mass is 271 g/mol. The van der Waals surface area contributed by atoms with Gasteiger partial charge in [0, 0.05) is 6.92 Å². The fourth-order valence-corrected chi connectivity index (χ4v) is 3.54. The van der Waals surface area contributed by atoms with Crippen LogP contribution in [0.15, 0.2) is 0 Å². The molecule has 0 fully saturated rings. The summed E-state index contributed by atoms with van der Waals surface area (Å²) in [7, 11) is 0. The van der Waals surface area contributed by atoms with Crippen molar-refractivity contribution in [1.29, 1.82) is 0 Å². The molecule has 0 aliphatic carbocycles. The second-order valence-electron chi connectivity index (χ2n) is 5.20. The summed E-state index contributed by atoms with van der Waals surface area (Å²) in [5.41, 5.74) is 0. The van der Waals surface area contributed by atoms with E-state index in [4.69, 9.17) is 0 Å². The summed E-state index contributed by atoms with van der Waals surface area (Å²) in [4.78, 5) is 2.48. The Labute approximate surface area is 118 Å². The van der Waals surface area contributed by atoms with Crippen LogP contribution in [0.4, 0.5) is 0 Å². The summed E-state index contributed by atoms with van der Waals surface area (Å²) < 4.78 is 2.53. The number of unbranched alkanes of at least 4 members (excludes halogenated alkanes) is 5. The summed E-state index contributed by atoms with van der Waals surface area (Å²) in [6.45, 7) is 10.4. The molecule has 0 saturated carbocycles. The highest BCUT2D eigenvalue weighted by molar-refractivity contribution is 7.99. The lowest BCUT2D eigenvalue weighted by atomic mass is 10.1. The molecule has 0 aromatic carbocycles. The molecule has 1 heterocycles. The molecule has 0 atom stereocenters. The van der Waals surface area contributed by atoms with E-state index in [-0.39, 0.29) is 0 Å². The minimum Gasteiger partial charge on any atom is -0.262 e. The van der Waals surface area contributed by atoms with Crippen LogP contribution in [0.25, 0.3) is 0 Å². The minimum atomic E-state index is 1.16. The van der Waals surface area contributed by atoms with Crippen LogP contribution in [0.2, 0.25) is 0 Å². The maximum atomic E-state index is 2.53. The van der Waals surface area contributed by atoms with Crippen molar-refractivity contribution in [1.82, 2.24) is 4.90 Å². The van der Waals surface area contributed by atoms with Crippen LogP contribution in [-0.2, 0) is 0 Å². The van der Waals surface area contributed by atoms with Gasteiger partial charge in [0.25, 0.3) is 0 Å². The molecule has 0 spiro atoms. The maximum absolute atomic E-state index is 2.53. The van der Waals surface area contributed by atoms with Gasteiger partial charge in [-0.3, -0.25) is 9.48 Å². The normalized spacial score (nSPS) is 15.8. The Balaban J connectivity index is 2.00. The average molecular weight is 271 g/mol. The molecule has 0 radical (unpaired) electrons. The van der Waals surface area contributed by atoms with Gasteiger partial charge in [-0.05, 0) is 19.1 Å². The molecule has 3 heteroatoms. The third-order valence-electron chi connectivity index (χ3n) is 3.83. The standard InChI is InChI=1S/C15H31N2S/c1-4-6-7-8-9-10-13-18-14-17-12-11-16(5-2)15(17)3/h4-14H2,1-3H3/q+1. The van der Waals surface area contributed by atoms with Crippen LogP contribution in [0.1, 0.15) is 59.3 Å². The van der Waals surface area contributed by atoms with E-state index in [9.17, 15) is 0 Å². The first kappa shape index (κ1) is 15.9. The molecule has 0 amide bonds. The van der Waals surface area contributed by atoms with Gasteiger partial charge in [0.1, 0.15) is 19.0 Å². The van der Waals surface area contributed by atoms with Crippen molar-refractivity contribution < 1.29 is 4.58 Å². The topological polar surface area (TPSA) is 6.25 Å². The van der Waals surface area contributed by atoms with Gasteiger partial charge in [-0.15, -0.1) is 11.8 Å². The third-order valence-corrected chi connectivity index (χ3v) is 4.90. The van der Waals surface area contributed by atoms with E-state index in [0.29, 0.717) is 0 Å². The summed E-state index contributed by atoms with van der Waals surface area (Å²) in [6, 6.07) is 0. The zero-order chi connectivity index (χ0) is 13.2. The highest BCUT2D eigenvalue weighted by atomic mass is 32.2. The first-order chi connectivity index (χ1) is 8.79. The Bertz CT molecular complexity index is 251. The number of hydrogen-bond acceptors (Lipinski definition) is 2. The summed E-state index contributed by atoms with van der Waals surface area (Å²) in [5, 5.41) is 0. The first-order valence-corrected chi connectivity index (χ1v) is 8.86. The van der Waals surface area contributed by atoms with Gasteiger partial charge >= 0.3 is 0 Å². The molecule has 1 aliphatic heterocycles. The smallest absolute Gasteiger partial charge is 0.244 e. The highest BCUT2D eigenvalue weighted by Gasteiger charge is 2.24. The fourth-order valence-electron chi connectivity index (χ4n) is 2.47. The zero-order valence-corrected chi connectivity index (χ0v) is 13.4. The Kier molecular flexibility index (Phi) is 8.57. The third kappa shape index (κ3) is 5.64. The number of rotatable bonds is 10. The van der Waals surface area contributed by atoms with Gasteiger partial charge in [-0.1, -0.05) is 39.0 Å². The predicted octanol–water partition coefficient (Wildman–Crippen LogP) is 3.80. The van der Waals surface area contributed by atoms with Crippen LogP contribution in [0.5, 0.6) is 0 Å². The lowest BCUT2D eigenvalue weighted by molar-refractivity contribution is -0.497. The predicted molar refractivity (Wildman–Crippen MR) is 83.8 cm³/mol. The van der Waals surface area contributed by atoms with E-state index < -0.39 is 0 Å². The highest BCUT2D eigenvalue weighted by Crippen LogP contribution is 2.11. The van der Waals surface area contributed by atoms with Gasteiger partial charge in [0.05, 0.1) is 6.54 Å². The van der Waals surface area contributed by atoms with Gasteiger partial charge in [0.2, 0.25) is 5.84 Å². The summed E-state index contributed by atoms with van der Waals surface area (Å²) >= 11 is 2.11. The summed E-state index contributed by atoms with van der Waals surface area (Å²) in [5.74, 6) is 4.01. The fraction of sp³-hybridized carbons (Fsp3) is 0.933. The van der Waals surface area contributed by atoms with Gasteiger partial charge in [-0.25, -0.2) is 0 Å². The first-order valence-electron chi connectivity index (χ1n) is 7.70. The van der Waals surface area contributed by atoms with Gasteiger partial charge < -0.3 is 0 Å². The van der Waals surface area contributed by atoms with Crippen LogP contribution < -0.4 is 0 Å². The zero-order valence-electron chi connectivity index (χ0n) is 12.6. The maximum Gasteiger partial charge on any atom is 0.244 e. The van der Waals surface area contributed by atoms with Crippen LogP contribution >= 0.6 is 11.8 Å². The molecule has 1 rings (SSSR count). The molecule has 1 aliphatic rings. The number of thioether (sulfide) groups is 1. The van der Waals surface area contributed by atoms with Crippen molar-refractivity contribution in [3.8, 4) is 0 Å². The molecule has 0 N–H and O–H groups in total.